The van der Waals surface area contributed by atoms with E-state index in [4.69, 9.17) is 11.6 Å². The molecule has 1 saturated heterocycles. The fourth-order valence-corrected chi connectivity index (χ4v) is 5.51. The lowest BCUT2D eigenvalue weighted by Gasteiger charge is -2.34. The van der Waals surface area contributed by atoms with Crippen molar-refractivity contribution in [2.75, 3.05) is 30.9 Å². The van der Waals surface area contributed by atoms with Crippen LogP contribution in [0, 0.1) is 11.8 Å². The van der Waals surface area contributed by atoms with Gasteiger partial charge in [0, 0.05) is 25.2 Å². The number of benzene rings is 2. The van der Waals surface area contributed by atoms with Gasteiger partial charge in [0.25, 0.3) is 15.9 Å². The van der Waals surface area contributed by atoms with Crippen molar-refractivity contribution in [1.82, 2.24) is 10.2 Å². The molecule has 0 radical (unpaired) electrons. The van der Waals surface area contributed by atoms with E-state index in [0.717, 1.165) is 37.9 Å². The summed E-state index contributed by atoms with van der Waals surface area (Å²) in [6, 6.07) is 12.6. The summed E-state index contributed by atoms with van der Waals surface area (Å²) >= 11 is 6.24. The smallest absolute Gasteiger partial charge is 0.261 e. The lowest BCUT2D eigenvalue weighted by Crippen LogP contribution is -2.40. The molecule has 6 nitrogen and oxygen atoms in total. The van der Waals surface area contributed by atoms with Crippen molar-refractivity contribution in [2.24, 2.45) is 11.8 Å². The number of nitrogens with zero attached hydrogens (tertiary/aromatic N) is 1. The number of nitrogens with one attached hydrogen (secondary N) is 2. The molecule has 31 heavy (non-hydrogen) atoms. The van der Waals surface area contributed by atoms with Crippen molar-refractivity contribution in [2.45, 2.75) is 31.6 Å². The molecule has 2 aromatic carbocycles. The van der Waals surface area contributed by atoms with Crippen LogP contribution >= 0.6 is 11.6 Å². The van der Waals surface area contributed by atoms with E-state index in [1.807, 2.05) is 0 Å². The van der Waals surface area contributed by atoms with Crippen LogP contribution in [0.1, 0.15) is 37.0 Å². The minimum atomic E-state index is -3.74. The van der Waals surface area contributed by atoms with Gasteiger partial charge in [0.05, 0.1) is 15.6 Å². The molecule has 0 aliphatic carbocycles. The quantitative estimate of drug-likeness (QED) is 0.574. The number of likely N-dealkylation sites (tertiary alicyclic amines) is 1. The first-order valence-corrected chi connectivity index (χ1v) is 12.5. The molecule has 1 aliphatic rings. The van der Waals surface area contributed by atoms with Crippen molar-refractivity contribution in [1.29, 1.82) is 0 Å². The number of hydrogen-bond donors (Lipinski definition) is 2. The molecule has 0 bridgehead atoms. The van der Waals surface area contributed by atoms with Crippen molar-refractivity contribution < 1.29 is 13.2 Å². The third-order valence-electron chi connectivity index (χ3n) is 5.41. The Morgan fingerprint density at radius 3 is 2.42 bits per heavy atom. The number of amides is 1. The zero-order valence-corrected chi connectivity index (χ0v) is 19.5. The molecule has 2 atom stereocenters. The first-order valence-electron chi connectivity index (χ1n) is 10.6. The number of rotatable bonds is 8. The molecule has 0 spiro atoms. The Morgan fingerprint density at radius 1 is 1.10 bits per heavy atom. The summed E-state index contributed by atoms with van der Waals surface area (Å²) in [5.41, 5.74) is 0.628. The van der Waals surface area contributed by atoms with Crippen LogP contribution in [0.25, 0.3) is 0 Å². The molecule has 1 heterocycles. The summed E-state index contributed by atoms with van der Waals surface area (Å²) in [6.45, 7) is 8.37. The lowest BCUT2D eigenvalue weighted by atomic mass is 9.92. The lowest BCUT2D eigenvalue weighted by molar-refractivity contribution is 0.0947. The van der Waals surface area contributed by atoms with Gasteiger partial charge < -0.3 is 10.2 Å². The Balaban J connectivity index is 1.51. The second-order valence-electron chi connectivity index (χ2n) is 8.43. The highest BCUT2D eigenvalue weighted by atomic mass is 35.5. The highest BCUT2D eigenvalue weighted by Crippen LogP contribution is 2.26. The average Bonchev–Trinajstić information content (AvgIpc) is 2.72. The molecule has 1 aliphatic heterocycles. The van der Waals surface area contributed by atoms with Gasteiger partial charge in [-0.25, -0.2) is 8.42 Å². The van der Waals surface area contributed by atoms with E-state index in [-0.39, 0.29) is 21.5 Å². The standard InChI is InChI=1S/C23H30ClN3O3S/c1-17-13-18(2)16-27(15-17)12-6-11-25-23(28)19-9-10-22(21(24)14-19)26-31(29,30)20-7-4-3-5-8-20/h3-5,7-10,14,17-18,26H,6,11-13,15-16H2,1-2H3,(H,25,28). The number of carbonyl (C=O) groups is 1. The van der Waals surface area contributed by atoms with Gasteiger partial charge in [-0.05, 0) is 61.6 Å². The van der Waals surface area contributed by atoms with Crippen molar-refractivity contribution in [3.63, 3.8) is 0 Å². The maximum absolute atomic E-state index is 12.5. The number of sulfonamides is 1. The molecule has 0 saturated carbocycles. The topological polar surface area (TPSA) is 78.5 Å². The van der Waals surface area contributed by atoms with Gasteiger partial charge in [-0.1, -0.05) is 43.6 Å². The van der Waals surface area contributed by atoms with Gasteiger partial charge in [-0.15, -0.1) is 0 Å². The van der Waals surface area contributed by atoms with E-state index in [9.17, 15) is 13.2 Å². The molecule has 8 heteroatoms. The highest BCUT2D eigenvalue weighted by molar-refractivity contribution is 7.92. The molecule has 2 aromatic rings. The van der Waals surface area contributed by atoms with E-state index in [0.29, 0.717) is 12.1 Å². The van der Waals surface area contributed by atoms with Crippen LogP contribution in [0.4, 0.5) is 5.69 Å². The van der Waals surface area contributed by atoms with Crippen LogP contribution in [-0.4, -0.2) is 45.4 Å². The summed E-state index contributed by atoms with van der Waals surface area (Å²) < 4.78 is 27.4. The van der Waals surface area contributed by atoms with Gasteiger partial charge in [0.15, 0.2) is 0 Å². The number of anilines is 1. The second kappa shape index (κ2) is 10.5. The van der Waals surface area contributed by atoms with Gasteiger partial charge in [0.1, 0.15) is 0 Å². The minimum Gasteiger partial charge on any atom is -0.352 e. The predicted molar refractivity (Wildman–Crippen MR) is 125 cm³/mol. The minimum absolute atomic E-state index is 0.144. The molecular weight excluding hydrogens is 434 g/mol. The molecule has 0 aromatic heterocycles. The van der Waals surface area contributed by atoms with E-state index >= 15 is 0 Å². The number of carbonyl (C=O) groups excluding carboxylic acids is 1. The fourth-order valence-electron chi connectivity index (χ4n) is 4.12. The van der Waals surface area contributed by atoms with E-state index in [1.165, 1.54) is 30.7 Å². The zero-order chi connectivity index (χ0) is 22.4. The van der Waals surface area contributed by atoms with Gasteiger partial charge in [-0.3, -0.25) is 9.52 Å². The molecule has 2 N–H and O–H groups in total. The second-order valence-corrected chi connectivity index (χ2v) is 10.5. The molecule has 1 fully saturated rings. The summed E-state index contributed by atoms with van der Waals surface area (Å²) in [5.74, 6) is 1.22. The van der Waals surface area contributed by atoms with E-state index in [1.54, 1.807) is 24.3 Å². The van der Waals surface area contributed by atoms with Crippen LogP contribution in [0.15, 0.2) is 53.4 Å². The zero-order valence-electron chi connectivity index (χ0n) is 18.0. The number of hydrogen-bond acceptors (Lipinski definition) is 4. The van der Waals surface area contributed by atoms with Gasteiger partial charge >= 0.3 is 0 Å². The van der Waals surface area contributed by atoms with Crippen LogP contribution < -0.4 is 10.0 Å². The summed E-state index contributed by atoms with van der Waals surface area (Å²) in [5, 5.41) is 3.09. The molecule has 3 rings (SSSR count). The normalized spacial score (nSPS) is 19.7. The molecule has 2 unspecified atom stereocenters. The maximum atomic E-state index is 12.5. The Bertz CT molecular complexity index is 988. The van der Waals surface area contributed by atoms with Crippen molar-refractivity contribution in [3.8, 4) is 0 Å². The highest BCUT2D eigenvalue weighted by Gasteiger charge is 2.21. The first kappa shape index (κ1) is 23.6. The van der Waals surface area contributed by atoms with E-state index in [2.05, 4.69) is 28.8 Å². The first-order chi connectivity index (χ1) is 14.7. The Morgan fingerprint density at radius 2 is 1.77 bits per heavy atom. The van der Waals surface area contributed by atoms with Crippen LogP contribution in [0.5, 0.6) is 0 Å². The van der Waals surface area contributed by atoms with Crippen molar-refractivity contribution >= 4 is 33.2 Å². The van der Waals surface area contributed by atoms with Gasteiger partial charge in [-0.2, -0.15) is 0 Å². The predicted octanol–water partition coefficient (Wildman–Crippen LogP) is 4.24. The Labute approximate surface area is 190 Å². The largest absolute Gasteiger partial charge is 0.352 e. The molecule has 1 amide bonds. The van der Waals surface area contributed by atoms with Crippen LogP contribution in [-0.2, 0) is 10.0 Å². The maximum Gasteiger partial charge on any atom is 0.261 e. The Hall–Kier alpha value is -2.09. The average molecular weight is 464 g/mol. The molecule has 168 valence electrons. The van der Waals surface area contributed by atoms with Gasteiger partial charge in [0.2, 0.25) is 0 Å². The third-order valence-corrected chi connectivity index (χ3v) is 7.10. The third kappa shape index (κ3) is 6.69. The monoisotopic (exact) mass is 463 g/mol. The number of piperidine rings is 1. The van der Waals surface area contributed by atoms with Crippen LogP contribution in [0.3, 0.4) is 0 Å². The Kier molecular flexibility index (Phi) is 7.97. The number of halogens is 1. The van der Waals surface area contributed by atoms with Crippen LogP contribution in [0.2, 0.25) is 5.02 Å². The van der Waals surface area contributed by atoms with E-state index < -0.39 is 10.0 Å². The summed E-state index contributed by atoms with van der Waals surface area (Å²) in [4.78, 5) is 15.1. The summed E-state index contributed by atoms with van der Waals surface area (Å²) in [6.07, 6.45) is 2.17. The summed E-state index contributed by atoms with van der Waals surface area (Å²) in [7, 11) is -3.74. The SMILES string of the molecule is CC1CC(C)CN(CCCNC(=O)c2ccc(NS(=O)(=O)c3ccccc3)c(Cl)c2)C1. The van der Waals surface area contributed by atoms with Crippen molar-refractivity contribution in [3.05, 3.63) is 59.1 Å². The molecular formula is C23H30ClN3O3S. The fraction of sp³-hybridized carbons (Fsp3) is 0.435.